The Hall–Kier alpha value is -3.02. The molecule has 1 heterocycles. The molecule has 0 bridgehead atoms. The van der Waals surface area contributed by atoms with Gasteiger partial charge in [-0.2, -0.15) is 5.26 Å². The molecule has 2 aromatic rings. The van der Waals surface area contributed by atoms with Crippen molar-refractivity contribution in [3.8, 4) is 6.07 Å². The Morgan fingerprint density at radius 1 is 1.07 bits per heavy atom. The molecule has 1 aromatic heterocycles. The van der Waals surface area contributed by atoms with Gasteiger partial charge in [0, 0.05) is 12.3 Å². The van der Waals surface area contributed by atoms with Crippen LogP contribution in [-0.2, 0) is 24.1 Å². The number of aromatic nitrogens is 2. The van der Waals surface area contributed by atoms with Crippen LogP contribution in [0.15, 0.2) is 60.7 Å². The van der Waals surface area contributed by atoms with Crippen LogP contribution in [0.5, 0.6) is 0 Å². The molecule has 0 amide bonds. The van der Waals surface area contributed by atoms with E-state index in [2.05, 4.69) is 17.1 Å². The van der Waals surface area contributed by atoms with E-state index in [1.54, 1.807) is 11.6 Å². The fraction of sp³-hybridized carbons (Fsp3) is 0.0455. The van der Waals surface area contributed by atoms with E-state index in [-0.39, 0.29) is 28.1 Å². The fourth-order valence-electron chi connectivity index (χ4n) is 2.66. The van der Waals surface area contributed by atoms with E-state index in [0.717, 1.165) is 16.0 Å². The number of nitriles is 1. The summed E-state index contributed by atoms with van der Waals surface area (Å²) < 4.78 is 1.65. The van der Waals surface area contributed by atoms with E-state index in [1.165, 1.54) is 0 Å². The average molecular weight is 392 g/mol. The molecule has 2 aliphatic carbocycles. The molecule has 4 rings (SSSR count). The summed E-state index contributed by atoms with van der Waals surface area (Å²) in [6.07, 6.45) is 18.1. The van der Waals surface area contributed by atoms with Crippen molar-refractivity contribution in [1.82, 2.24) is 9.55 Å². The number of hydrogen-bond acceptors (Lipinski definition) is 2. The first-order valence-electron chi connectivity index (χ1n) is 8.10. The molecule has 5 heteroatoms. The van der Waals surface area contributed by atoms with Gasteiger partial charge in [0.2, 0.25) is 0 Å². The Labute approximate surface area is 168 Å². The molecule has 27 heavy (non-hydrogen) atoms. The molecule has 2 aliphatic rings. The Morgan fingerprint density at radius 3 is 2.19 bits per heavy atom. The Balaban J connectivity index is 0.000000379. The van der Waals surface area contributed by atoms with E-state index < -0.39 is 0 Å². The maximum atomic E-state index is 9.10. The molecule has 0 N–H and O–H groups in total. The summed E-state index contributed by atoms with van der Waals surface area (Å²) in [7, 11) is 1.74. The number of benzene rings is 1. The van der Waals surface area contributed by atoms with Gasteiger partial charge in [-0.05, 0) is 10.8 Å². The number of hydrogen-bond donors (Lipinski definition) is 0. The normalized spacial score (nSPS) is 13.3. The van der Waals surface area contributed by atoms with Gasteiger partial charge in [-0.15, -0.1) is 12.8 Å². The molecule has 0 aliphatic heterocycles. The van der Waals surface area contributed by atoms with Crippen LogP contribution in [0, 0.1) is 41.3 Å². The smallest absolute Gasteiger partial charge is 0.761 e. The van der Waals surface area contributed by atoms with Crippen molar-refractivity contribution in [2.75, 3.05) is 0 Å². The number of nitrogens with zero attached hydrogens (tertiary/aromatic N) is 4. The van der Waals surface area contributed by atoms with Crippen molar-refractivity contribution in [2.24, 2.45) is 7.05 Å². The number of imidazole rings is 1. The SMILES string of the molecule is Cn1c(=c2ccc(=C3C=CC=C3)cc2)nc(C#N)c1=C=[N-].[CH]1[CH][CH-]C=C1.[Fe+2]. The van der Waals surface area contributed by atoms with Crippen LogP contribution in [0.3, 0.4) is 0 Å². The van der Waals surface area contributed by atoms with Gasteiger partial charge in [0.25, 0.3) is 0 Å². The molecule has 0 saturated carbocycles. The Bertz CT molecular complexity index is 1140. The zero-order chi connectivity index (χ0) is 18.4. The zero-order valence-electron chi connectivity index (χ0n) is 14.6. The molecule has 2 radical (unpaired) electrons. The van der Waals surface area contributed by atoms with E-state index in [4.69, 9.17) is 10.7 Å². The van der Waals surface area contributed by atoms with E-state index >= 15 is 0 Å². The maximum Gasteiger partial charge on any atom is 2.00 e. The summed E-state index contributed by atoms with van der Waals surface area (Å²) in [4.78, 5) is 4.24. The minimum Gasteiger partial charge on any atom is -0.761 e. The van der Waals surface area contributed by atoms with Gasteiger partial charge in [-0.25, -0.2) is 29.4 Å². The largest absolute Gasteiger partial charge is 2.00 e. The first-order valence-corrected chi connectivity index (χ1v) is 8.10. The topological polar surface area (TPSA) is 63.9 Å². The average Bonchev–Trinajstić information content (AvgIpc) is 3.44. The monoisotopic (exact) mass is 392 g/mol. The predicted octanol–water partition coefficient (Wildman–Crippen LogP) is 1.93. The second-order valence-corrected chi connectivity index (χ2v) is 5.63. The summed E-state index contributed by atoms with van der Waals surface area (Å²) in [5.74, 6) is 2.02. The molecule has 4 nitrogen and oxygen atoms in total. The van der Waals surface area contributed by atoms with Crippen molar-refractivity contribution in [3.05, 3.63) is 112 Å². The van der Waals surface area contributed by atoms with Crippen molar-refractivity contribution in [3.63, 3.8) is 0 Å². The van der Waals surface area contributed by atoms with Gasteiger partial charge in [0.1, 0.15) is 11.5 Å². The first kappa shape index (κ1) is 20.3. The Kier molecular flexibility index (Phi) is 7.23. The fourth-order valence-corrected chi connectivity index (χ4v) is 2.66. The molecule has 132 valence electrons. The van der Waals surface area contributed by atoms with Crippen LogP contribution in [-0.4, -0.2) is 15.4 Å². The molecule has 1 aromatic carbocycles. The van der Waals surface area contributed by atoms with Crippen molar-refractivity contribution >= 4 is 11.4 Å². The third-order valence-electron chi connectivity index (χ3n) is 4.00. The van der Waals surface area contributed by atoms with Gasteiger partial charge in [0.05, 0.1) is 5.35 Å². The third kappa shape index (κ3) is 4.58. The van der Waals surface area contributed by atoms with Crippen LogP contribution in [0.25, 0.3) is 11.0 Å². The number of rotatable bonds is 0. The third-order valence-corrected chi connectivity index (χ3v) is 4.00. The van der Waals surface area contributed by atoms with Crippen LogP contribution < -0.4 is 10.6 Å². The molecule has 0 unspecified atom stereocenters. The van der Waals surface area contributed by atoms with Crippen molar-refractivity contribution in [2.45, 2.75) is 0 Å². The molecule has 0 spiro atoms. The summed E-state index contributed by atoms with van der Waals surface area (Å²) in [5.41, 5.74) is 1.95. The predicted molar refractivity (Wildman–Crippen MR) is 102 cm³/mol. The maximum absolute atomic E-state index is 9.10. The summed E-state index contributed by atoms with van der Waals surface area (Å²) >= 11 is 0. The van der Waals surface area contributed by atoms with Crippen LogP contribution in [0.2, 0.25) is 0 Å². The van der Waals surface area contributed by atoms with Gasteiger partial charge in [-0.3, -0.25) is 0 Å². The Morgan fingerprint density at radius 2 is 1.74 bits per heavy atom. The standard InChI is InChI=1S/C17H11N4.C5H5.Fe/c1-21-16(11-19)15(10-18)20-17(21)14-8-6-13(7-9-14)12-4-2-3-5-12;1-2-4-5-3-1;/h2-9H,1H3;1-5H;/q2*-1;+2. The van der Waals surface area contributed by atoms with Gasteiger partial charge < -0.3 is 9.98 Å². The van der Waals surface area contributed by atoms with Crippen molar-refractivity contribution < 1.29 is 17.1 Å². The minimum atomic E-state index is 0. The molecular weight excluding hydrogens is 376 g/mol. The van der Waals surface area contributed by atoms with Gasteiger partial charge in [0.15, 0.2) is 5.69 Å². The zero-order valence-corrected chi connectivity index (χ0v) is 15.8. The summed E-state index contributed by atoms with van der Waals surface area (Å²) in [6.45, 7) is 0. The van der Waals surface area contributed by atoms with Gasteiger partial charge >= 0.3 is 17.1 Å². The minimum absolute atomic E-state index is 0. The van der Waals surface area contributed by atoms with Crippen molar-refractivity contribution in [1.29, 1.82) is 5.26 Å². The van der Waals surface area contributed by atoms with Crippen LogP contribution >= 0.6 is 0 Å². The quantitative estimate of drug-likeness (QED) is 0.391. The molecular formula is C22H16FeN4. The van der Waals surface area contributed by atoms with E-state index in [9.17, 15) is 0 Å². The molecule has 0 fully saturated rings. The number of allylic oxidation sites excluding steroid dienone is 6. The second kappa shape index (κ2) is 9.61. The summed E-state index contributed by atoms with van der Waals surface area (Å²) in [5, 5.41) is 20.4. The van der Waals surface area contributed by atoms with E-state index in [0.29, 0.717) is 5.48 Å². The molecule has 0 atom stereocenters. The van der Waals surface area contributed by atoms with E-state index in [1.807, 2.05) is 79.8 Å². The van der Waals surface area contributed by atoms with Crippen LogP contribution in [0.1, 0.15) is 5.69 Å². The van der Waals surface area contributed by atoms with Crippen LogP contribution in [0.4, 0.5) is 0 Å². The molecule has 0 saturated heterocycles. The van der Waals surface area contributed by atoms with Gasteiger partial charge in [-0.1, -0.05) is 48.6 Å². The second-order valence-electron chi connectivity index (χ2n) is 5.63. The first-order chi connectivity index (χ1) is 12.7. The summed E-state index contributed by atoms with van der Waals surface area (Å²) in [6, 6.07) is 9.88.